The molecule has 1 atom stereocenters. The number of halogens is 3. The van der Waals surface area contributed by atoms with E-state index < -0.39 is 46.4 Å². The predicted molar refractivity (Wildman–Crippen MR) is 139 cm³/mol. The molecule has 2 amide bonds. The molecule has 12 nitrogen and oxygen atoms in total. The number of hydrogen-bond donors (Lipinski definition) is 3. The lowest BCUT2D eigenvalue weighted by Crippen LogP contribution is -2.43. The van der Waals surface area contributed by atoms with Gasteiger partial charge in [0.15, 0.2) is 12.4 Å². The van der Waals surface area contributed by atoms with Gasteiger partial charge in [-0.25, -0.2) is 23.2 Å². The summed E-state index contributed by atoms with van der Waals surface area (Å²) in [5, 5.41) is 14.8. The number of nitrogens with one attached hydrogen (secondary N) is 2. The van der Waals surface area contributed by atoms with Crippen molar-refractivity contribution < 1.29 is 40.7 Å². The summed E-state index contributed by atoms with van der Waals surface area (Å²) in [5.74, 6) is -1.21. The van der Waals surface area contributed by atoms with Crippen LogP contribution in [-0.4, -0.2) is 72.7 Å². The fourth-order valence-corrected chi connectivity index (χ4v) is 4.44. The summed E-state index contributed by atoms with van der Waals surface area (Å²) in [5.41, 5.74) is 1.13. The zero-order valence-corrected chi connectivity index (χ0v) is 22.6. The first kappa shape index (κ1) is 29.8. The van der Waals surface area contributed by atoms with E-state index in [1.165, 1.54) is 22.9 Å². The first-order chi connectivity index (χ1) is 19.3. The van der Waals surface area contributed by atoms with E-state index in [0.717, 1.165) is 5.56 Å². The molecular formula is C25H27F3N6O6S. The Morgan fingerprint density at radius 2 is 1.95 bits per heavy atom. The molecule has 0 unspecified atom stereocenters. The molecule has 41 heavy (non-hydrogen) atoms. The average Bonchev–Trinajstić information content (AvgIpc) is 3.27. The fourth-order valence-electron chi connectivity index (χ4n) is 4.05. The van der Waals surface area contributed by atoms with Crippen molar-refractivity contribution in [1.82, 2.24) is 25.4 Å². The summed E-state index contributed by atoms with van der Waals surface area (Å²) in [6.07, 6.45) is -2.33. The van der Waals surface area contributed by atoms with Gasteiger partial charge in [0.25, 0.3) is 11.8 Å². The molecule has 0 saturated heterocycles. The molecule has 0 saturated carbocycles. The van der Waals surface area contributed by atoms with Crippen molar-refractivity contribution in [3.8, 4) is 17.3 Å². The third-order valence-corrected chi connectivity index (χ3v) is 6.68. The molecule has 16 heteroatoms. The van der Waals surface area contributed by atoms with Crippen molar-refractivity contribution >= 4 is 21.8 Å². The van der Waals surface area contributed by atoms with Crippen LogP contribution in [0.15, 0.2) is 42.6 Å². The van der Waals surface area contributed by atoms with E-state index in [4.69, 9.17) is 14.6 Å². The summed E-state index contributed by atoms with van der Waals surface area (Å²) < 4.78 is 71.4. The van der Waals surface area contributed by atoms with Gasteiger partial charge in [-0.2, -0.15) is 18.3 Å². The largest absolute Gasteiger partial charge is 0.493 e. The molecule has 0 fully saturated rings. The SMILES string of the molecule is Cc1ccc(-n2nc3c(c2C(=O)NCCS(N)(=O)=O)C(=O)N[C@@H](CCOc2cccc(OCC(F)(F)F)c2)C3)nc1. The number of amides is 2. The predicted octanol–water partition coefficient (Wildman–Crippen LogP) is 1.66. The van der Waals surface area contributed by atoms with Crippen LogP contribution in [0.1, 0.15) is 38.5 Å². The molecule has 4 rings (SSSR count). The van der Waals surface area contributed by atoms with Crippen LogP contribution in [0.5, 0.6) is 11.5 Å². The molecule has 220 valence electrons. The fraction of sp³-hybridized carbons (Fsp3) is 0.360. The van der Waals surface area contributed by atoms with E-state index in [1.54, 1.807) is 24.4 Å². The number of hydrogen-bond acceptors (Lipinski definition) is 8. The summed E-state index contributed by atoms with van der Waals surface area (Å²) in [6.45, 7) is 0.245. The molecule has 1 aliphatic rings. The van der Waals surface area contributed by atoms with Crippen LogP contribution in [-0.2, 0) is 16.4 Å². The molecule has 0 bridgehead atoms. The van der Waals surface area contributed by atoms with E-state index >= 15 is 0 Å². The number of aromatic nitrogens is 3. The number of nitrogens with two attached hydrogens (primary N) is 1. The van der Waals surface area contributed by atoms with Gasteiger partial charge in [0.1, 0.15) is 17.2 Å². The normalized spacial score (nSPS) is 15.1. The summed E-state index contributed by atoms with van der Waals surface area (Å²) in [7, 11) is -3.82. The minimum Gasteiger partial charge on any atom is -0.493 e. The third kappa shape index (κ3) is 8.17. The van der Waals surface area contributed by atoms with Gasteiger partial charge in [-0.1, -0.05) is 12.1 Å². The summed E-state index contributed by atoms with van der Waals surface area (Å²) in [6, 6.07) is 8.74. The van der Waals surface area contributed by atoms with Gasteiger partial charge >= 0.3 is 6.18 Å². The molecule has 0 aliphatic carbocycles. The molecule has 0 spiro atoms. The Hall–Kier alpha value is -4.18. The number of nitrogens with zero attached hydrogens (tertiary/aromatic N) is 3. The van der Waals surface area contributed by atoms with E-state index in [1.807, 2.05) is 6.92 Å². The van der Waals surface area contributed by atoms with E-state index in [-0.39, 0.29) is 42.4 Å². The maximum Gasteiger partial charge on any atom is 0.422 e. The maximum atomic E-state index is 13.2. The number of fused-ring (bicyclic) bond motifs is 1. The van der Waals surface area contributed by atoms with Crippen LogP contribution in [0.4, 0.5) is 13.2 Å². The number of ether oxygens (including phenoxy) is 2. The molecule has 3 aromatic rings. The van der Waals surface area contributed by atoms with Crippen LogP contribution in [0.3, 0.4) is 0 Å². The standard InChI is InChI=1S/C25H27F3N6O6S/c1-15-5-6-20(31-13-15)34-22(24(36)30-8-10-41(29,37)38)21-19(33-34)11-16(32-23(21)35)7-9-39-17-3-2-4-18(12-17)40-14-25(26,27)28/h2-6,12-13,16H,7-11,14H2,1H3,(H,30,36)(H,32,35)(H2,29,37,38)/t16-/m0/s1. The summed E-state index contributed by atoms with van der Waals surface area (Å²) in [4.78, 5) is 30.6. The van der Waals surface area contributed by atoms with Crippen molar-refractivity contribution in [3.05, 3.63) is 65.1 Å². The van der Waals surface area contributed by atoms with Gasteiger partial charge in [-0.15, -0.1) is 0 Å². The van der Waals surface area contributed by atoms with Gasteiger partial charge in [0, 0.05) is 37.7 Å². The second-order valence-corrected chi connectivity index (χ2v) is 11.0. The van der Waals surface area contributed by atoms with Gasteiger partial charge in [-0.05, 0) is 30.7 Å². The minimum atomic E-state index is -4.47. The Bertz CT molecular complexity index is 1530. The highest BCUT2D eigenvalue weighted by atomic mass is 32.2. The highest BCUT2D eigenvalue weighted by Gasteiger charge is 2.35. The number of rotatable bonds is 11. The number of benzene rings is 1. The Balaban J connectivity index is 1.48. The highest BCUT2D eigenvalue weighted by molar-refractivity contribution is 7.89. The van der Waals surface area contributed by atoms with Crippen molar-refractivity contribution in [3.63, 3.8) is 0 Å². The van der Waals surface area contributed by atoms with Gasteiger partial charge in [0.2, 0.25) is 10.0 Å². The minimum absolute atomic E-state index is 0.000518. The maximum absolute atomic E-state index is 13.2. The Morgan fingerprint density at radius 3 is 2.61 bits per heavy atom. The van der Waals surface area contributed by atoms with Crippen LogP contribution < -0.4 is 25.2 Å². The average molecular weight is 597 g/mol. The third-order valence-electron chi connectivity index (χ3n) is 5.90. The molecule has 3 heterocycles. The Kier molecular flexibility index (Phi) is 8.82. The smallest absolute Gasteiger partial charge is 0.422 e. The summed E-state index contributed by atoms with van der Waals surface area (Å²) >= 11 is 0. The van der Waals surface area contributed by atoms with Crippen molar-refractivity contribution in [2.45, 2.75) is 32.0 Å². The number of carbonyl (C=O) groups is 2. The first-order valence-electron chi connectivity index (χ1n) is 12.4. The van der Waals surface area contributed by atoms with E-state index in [2.05, 4.69) is 20.7 Å². The zero-order chi connectivity index (χ0) is 29.8. The quantitative estimate of drug-likeness (QED) is 0.300. The topological polar surface area (TPSA) is 168 Å². The van der Waals surface area contributed by atoms with Gasteiger partial charge in [-0.3, -0.25) is 9.59 Å². The van der Waals surface area contributed by atoms with Crippen molar-refractivity contribution in [2.75, 3.05) is 25.5 Å². The van der Waals surface area contributed by atoms with Crippen LogP contribution in [0, 0.1) is 6.92 Å². The highest BCUT2D eigenvalue weighted by Crippen LogP contribution is 2.26. The lowest BCUT2D eigenvalue weighted by Gasteiger charge is -2.23. The number of pyridine rings is 1. The first-order valence-corrected chi connectivity index (χ1v) is 14.1. The van der Waals surface area contributed by atoms with Crippen LogP contribution in [0.2, 0.25) is 0 Å². The Morgan fingerprint density at radius 1 is 1.22 bits per heavy atom. The van der Waals surface area contributed by atoms with Gasteiger partial charge < -0.3 is 20.1 Å². The lowest BCUT2D eigenvalue weighted by molar-refractivity contribution is -0.153. The van der Waals surface area contributed by atoms with Crippen LogP contribution in [0.25, 0.3) is 5.82 Å². The second kappa shape index (κ2) is 12.1. The van der Waals surface area contributed by atoms with Crippen molar-refractivity contribution in [2.24, 2.45) is 5.14 Å². The zero-order valence-electron chi connectivity index (χ0n) is 21.8. The van der Waals surface area contributed by atoms with Gasteiger partial charge in [0.05, 0.1) is 23.6 Å². The molecule has 1 aromatic carbocycles. The number of primary sulfonamides is 1. The molecule has 0 radical (unpaired) electrons. The lowest BCUT2D eigenvalue weighted by atomic mass is 9.98. The molecular weight excluding hydrogens is 569 g/mol. The molecule has 1 aliphatic heterocycles. The number of aryl methyl sites for hydroxylation is 1. The van der Waals surface area contributed by atoms with Crippen molar-refractivity contribution in [1.29, 1.82) is 0 Å². The van der Waals surface area contributed by atoms with E-state index in [9.17, 15) is 31.2 Å². The number of alkyl halides is 3. The Labute approximate surface area is 233 Å². The second-order valence-electron chi connectivity index (χ2n) is 9.29. The van der Waals surface area contributed by atoms with Crippen LogP contribution >= 0.6 is 0 Å². The molecule has 2 aromatic heterocycles. The van der Waals surface area contributed by atoms with E-state index in [0.29, 0.717) is 17.9 Å². The number of sulfonamides is 1. The number of carbonyl (C=O) groups excluding carboxylic acids is 2. The monoisotopic (exact) mass is 596 g/mol. The molecule has 4 N–H and O–H groups in total.